The molecule has 0 atom stereocenters. The molecule has 1 N–H and O–H groups in total. The van der Waals surface area contributed by atoms with Gasteiger partial charge < -0.3 is 9.80 Å². The van der Waals surface area contributed by atoms with Crippen molar-refractivity contribution in [3.05, 3.63) is 30.4 Å². The maximum absolute atomic E-state index is 4.42. The van der Waals surface area contributed by atoms with Gasteiger partial charge in [-0.25, -0.2) is 9.97 Å². The molecule has 2 aromatic rings. The highest BCUT2D eigenvalue weighted by Crippen LogP contribution is 2.35. The van der Waals surface area contributed by atoms with Gasteiger partial charge in [0, 0.05) is 50.6 Å². The van der Waals surface area contributed by atoms with Crippen LogP contribution in [0.15, 0.2) is 24.7 Å². The second-order valence-corrected chi connectivity index (χ2v) is 6.15. The molecule has 1 fully saturated rings. The van der Waals surface area contributed by atoms with Gasteiger partial charge in [0.25, 0.3) is 0 Å². The number of aromatic amines is 1. The van der Waals surface area contributed by atoms with Gasteiger partial charge in [0.2, 0.25) is 0 Å². The molecule has 3 heterocycles. The summed E-state index contributed by atoms with van der Waals surface area (Å²) < 4.78 is 0. The highest BCUT2D eigenvalue weighted by molar-refractivity contribution is 5.49. The standard InChI is InChI=1S/C15H22N6/c1-15(12-4-7-18-19-12)5-8-21(9-6-15)14-10-13(20(2)3)16-11-17-14/h4,7,10-11H,5-6,8-9H2,1-3H3,(H,18,19). The first-order valence-electron chi connectivity index (χ1n) is 7.33. The van der Waals surface area contributed by atoms with E-state index in [4.69, 9.17) is 0 Å². The highest BCUT2D eigenvalue weighted by Gasteiger charge is 2.33. The third-order valence-electron chi connectivity index (χ3n) is 4.44. The summed E-state index contributed by atoms with van der Waals surface area (Å²) in [6.07, 6.45) is 5.67. The molecule has 0 saturated carbocycles. The van der Waals surface area contributed by atoms with Crippen LogP contribution in [0.2, 0.25) is 0 Å². The number of piperidine rings is 1. The molecule has 0 spiro atoms. The van der Waals surface area contributed by atoms with E-state index in [2.05, 4.69) is 44.1 Å². The summed E-state index contributed by atoms with van der Waals surface area (Å²) in [5.41, 5.74) is 1.42. The summed E-state index contributed by atoms with van der Waals surface area (Å²) >= 11 is 0. The van der Waals surface area contributed by atoms with Crippen LogP contribution >= 0.6 is 0 Å². The van der Waals surface area contributed by atoms with E-state index in [1.807, 2.05) is 25.2 Å². The second-order valence-electron chi connectivity index (χ2n) is 6.15. The van der Waals surface area contributed by atoms with E-state index in [-0.39, 0.29) is 5.41 Å². The molecule has 0 radical (unpaired) electrons. The first kappa shape index (κ1) is 13.9. The number of aromatic nitrogens is 4. The van der Waals surface area contributed by atoms with Crippen LogP contribution in [0.25, 0.3) is 0 Å². The van der Waals surface area contributed by atoms with E-state index in [1.54, 1.807) is 6.33 Å². The van der Waals surface area contributed by atoms with E-state index in [0.717, 1.165) is 37.6 Å². The minimum atomic E-state index is 0.185. The topological polar surface area (TPSA) is 60.9 Å². The number of hydrogen-bond donors (Lipinski definition) is 1. The van der Waals surface area contributed by atoms with Crippen LogP contribution in [0, 0.1) is 0 Å². The van der Waals surface area contributed by atoms with Crippen LogP contribution < -0.4 is 9.80 Å². The number of nitrogens with zero attached hydrogens (tertiary/aromatic N) is 5. The largest absolute Gasteiger partial charge is 0.363 e. The van der Waals surface area contributed by atoms with Crippen LogP contribution in [0.1, 0.15) is 25.5 Å². The van der Waals surface area contributed by atoms with Crippen LogP contribution in [0.5, 0.6) is 0 Å². The Balaban J connectivity index is 1.72. The van der Waals surface area contributed by atoms with Crippen LogP contribution in [0.4, 0.5) is 11.6 Å². The van der Waals surface area contributed by atoms with E-state index in [9.17, 15) is 0 Å². The lowest BCUT2D eigenvalue weighted by atomic mass is 9.77. The van der Waals surface area contributed by atoms with Gasteiger partial charge in [-0.1, -0.05) is 6.92 Å². The molecule has 6 nitrogen and oxygen atoms in total. The summed E-state index contributed by atoms with van der Waals surface area (Å²) in [6, 6.07) is 4.14. The van der Waals surface area contributed by atoms with Gasteiger partial charge in [-0.15, -0.1) is 0 Å². The van der Waals surface area contributed by atoms with E-state index in [1.165, 1.54) is 5.69 Å². The van der Waals surface area contributed by atoms with Crippen molar-refractivity contribution in [1.82, 2.24) is 20.2 Å². The molecule has 112 valence electrons. The monoisotopic (exact) mass is 286 g/mol. The molecule has 0 amide bonds. The Morgan fingerprint density at radius 2 is 2.00 bits per heavy atom. The van der Waals surface area contributed by atoms with Crippen molar-refractivity contribution in [2.24, 2.45) is 0 Å². The number of H-pyrrole nitrogens is 1. The fraction of sp³-hybridized carbons (Fsp3) is 0.533. The fourth-order valence-corrected chi connectivity index (χ4v) is 2.85. The maximum Gasteiger partial charge on any atom is 0.134 e. The first-order valence-corrected chi connectivity index (χ1v) is 7.33. The van der Waals surface area contributed by atoms with Gasteiger partial charge in [0.05, 0.1) is 0 Å². The Hall–Kier alpha value is -2.11. The summed E-state index contributed by atoms with van der Waals surface area (Å²) in [6.45, 7) is 4.31. The zero-order chi connectivity index (χ0) is 14.9. The third kappa shape index (κ3) is 2.70. The van der Waals surface area contributed by atoms with Gasteiger partial charge in [-0.2, -0.15) is 5.10 Å². The summed E-state index contributed by atoms with van der Waals surface area (Å²) in [7, 11) is 4.00. The quantitative estimate of drug-likeness (QED) is 0.932. The Bertz CT molecular complexity index is 584. The molecule has 1 aliphatic rings. The average Bonchev–Trinajstić information content (AvgIpc) is 3.03. The van der Waals surface area contributed by atoms with Crippen molar-refractivity contribution in [3.63, 3.8) is 0 Å². The van der Waals surface area contributed by atoms with Crippen LogP contribution in [-0.2, 0) is 5.41 Å². The Labute approximate surface area is 125 Å². The maximum atomic E-state index is 4.42. The third-order valence-corrected chi connectivity index (χ3v) is 4.44. The average molecular weight is 286 g/mol. The predicted octanol–water partition coefficient (Wildman–Crippen LogP) is 1.82. The molecule has 0 aliphatic carbocycles. The molecule has 21 heavy (non-hydrogen) atoms. The Morgan fingerprint density at radius 1 is 1.24 bits per heavy atom. The van der Waals surface area contributed by atoms with Gasteiger partial charge in [0.15, 0.2) is 0 Å². The summed E-state index contributed by atoms with van der Waals surface area (Å²) in [5, 5.41) is 7.21. The molecule has 0 bridgehead atoms. The predicted molar refractivity (Wildman–Crippen MR) is 83.7 cm³/mol. The zero-order valence-corrected chi connectivity index (χ0v) is 12.9. The van der Waals surface area contributed by atoms with E-state index >= 15 is 0 Å². The molecular formula is C15H22N6. The molecule has 0 aromatic carbocycles. The van der Waals surface area contributed by atoms with Gasteiger partial charge >= 0.3 is 0 Å². The number of hydrogen-bond acceptors (Lipinski definition) is 5. The normalized spacial score (nSPS) is 17.8. The SMILES string of the molecule is CN(C)c1cc(N2CCC(C)(c3ccn[nH]3)CC2)ncn1. The Kier molecular flexibility index (Phi) is 3.53. The van der Waals surface area contributed by atoms with Crippen molar-refractivity contribution in [2.45, 2.75) is 25.2 Å². The molecule has 1 aliphatic heterocycles. The smallest absolute Gasteiger partial charge is 0.134 e. The number of rotatable bonds is 3. The molecule has 0 unspecified atom stereocenters. The summed E-state index contributed by atoms with van der Waals surface area (Å²) in [4.78, 5) is 13.0. The van der Waals surface area contributed by atoms with Gasteiger partial charge in [0.1, 0.15) is 18.0 Å². The molecular weight excluding hydrogens is 264 g/mol. The lowest BCUT2D eigenvalue weighted by molar-refractivity contribution is 0.352. The second kappa shape index (κ2) is 5.35. The number of anilines is 2. The summed E-state index contributed by atoms with van der Waals surface area (Å²) in [5.74, 6) is 1.96. The van der Waals surface area contributed by atoms with Gasteiger partial charge in [-0.3, -0.25) is 5.10 Å². The van der Waals surface area contributed by atoms with Gasteiger partial charge in [-0.05, 0) is 18.9 Å². The lowest BCUT2D eigenvalue weighted by Crippen LogP contribution is -2.41. The molecule has 6 heteroatoms. The lowest BCUT2D eigenvalue weighted by Gasteiger charge is -2.39. The minimum absolute atomic E-state index is 0.185. The van der Waals surface area contributed by atoms with Crippen LogP contribution in [0.3, 0.4) is 0 Å². The molecule has 3 rings (SSSR count). The number of nitrogens with one attached hydrogen (secondary N) is 1. The highest BCUT2D eigenvalue weighted by atomic mass is 15.2. The molecule has 1 saturated heterocycles. The molecule has 2 aromatic heterocycles. The van der Waals surface area contributed by atoms with Crippen LogP contribution in [-0.4, -0.2) is 47.4 Å². The van der Waals surface area contributed by atoms with Crippen molar-refractivity contribution in [3.8, 4) is 0 Å². The zero-order valence-electron chi connectivity index (χ0n) is 12.9. The van der Waals surface area contributed by atoms with E-state index < -0.39 is 0 Å². The van der Waals surface area contributed by atoms with Crippen molar-refractivity contribution in [2.75, 3.05) is 37.0 Å². The van der Waals surface area contributed by atoms with E-state index in [0.29, 0.717) is 0 Å². The van der Waals surface area contributed by atoms with Crippen molar-refractivity contribution < 1.29 is 0 Å². The fourth-order valence-electron chi connectivity index (χ4n) is 2.85. The first-order chi connectivity index (χ1) is 10.1. The minimum Gasteiger partial charge on any atom is -0.363 e. The van der Waals surface area contributed by atoms with Crippen molar-refractivity contribution in [1.29, 1.82) is 0 Å². The van der Waals surface area contributed by atoms with Crippen molar-refractivity contribution >= 4 is 11.6 Å². The Morgan fingerprint density at radius 3 is 2.62 bits per heavy atom.